The third kappa shape index (κ3) is 5.90. The molecule has 1 aliphatic rings. The van der Waals surface area contributed by atoms with Crippen LogP contribution in [0.5, 0.6) is 0 Å². The third-order valence-electron chi connectivity index (χ3n) is 4.98. The minimum Gasteiger partial charge on any atom is -0.445 e. The summed E-state index contributed by atoms with van der Waals surface area (Å²) in [5.74, 6) is -2.02. The highest BCUT2D eigenvalue weighted by Gasteiger charge is 2.33. The van der Waals surface area contributed by atoms with E-state index in [9.17, 15) is 19.2 Å². The van der Waals surface area contributed by atoms with Crippen LogP contribution in [0.3, 0.4) is 0 Å². The van der Waals surface area contributed by atoms with E-state index < -0.39 is 35.8 Å². The first-order valence-electron chi connectivity index (χ1n) is 10.3. The fourth-order valence-corrected chi connectivity index (χ4v) is 3.23. The first-order chi connectivity index (χ1) is 15.3. The Labute approximate surface area is 184 Å². The maximum absolute atomic E-state index is 12.9. The summed E-state index contributed by atoms with van der Waals surface area (Å²) in [6.07, 6.45) is 0.589. The third-order valence-corrected chi connectivity index (χ3v) is 4.98. The Hall–Kier alpha value is -3.76. The topological polar surface area (TPSA) is 144 Å². The van der Waals surface area contributed by atoms with Crippen molar-refractivity contribution in [2.45, 2.75) is 45.5 Å². The number of fused-ring (bicyclic) bond motifs is 1. The predicted octanol–water partition coefficient (Wildman–Crippen LogP) is -0.0447. The number of aromatic nitrogens is 3. The van der Waals surface area contributed by atoms with Gasteiger partial charge >= 0.3 is 6.09 Å². The zero-order valence-electron chi connectivity index (χ0n) is 17.9. The molecule has 11 nitrogen and oxygen atoms in total. The van der Waals surface area contributed by atoms with Gasteiger partial charge in [-0.3, -0.25) is 14.4 Å². The molecule has 1 aliphatic heterocycles. The van der Waals surface area contributed by atoms with Crippen LogP contribution in [-0.2, 0) is 38.7 Å². The zero-order chi connectivity index (χ0) is 23.1. The number of carbonyl (C=O) groups excluding carboxylic acids is 4. The molecular formula is C21H26N6O5. The second-order valence-corrected chi connectivity index (χ2v) is 7.71. The number of amides is 3. The van der Waals surface area contributed by atoms with Gasteiger partial charge in [0.2, 0.25) is 11.7 Å². The summed E-state index contributed by atoms with van der Waals surface area (Å²) >= 11 is 0. The molecule has 0 spiro atoms. The van der Waals surface area contributed by atoms with Gasteiger partial charge in [-0.2, -0.15) is 5.10 Å². The van der Waals surface area contributed by atoms with Crippen LogP contribution in [0, 0.1) is 5.92 Å². The molecule has 3 N–H and O–H groups in total. The highest BCUT2D eigenvalue weighted by Crippen LogP contribution is 2.08. The summed E-state index contributed by atoms with van der Waals surface area (Å²) in [6.45, 7) is 4.12. The van der Waals surface area contributed by atoms with Gasteiger partial charge in [0, 0.05) is 13.0 Å². The van der Waals surface area contributed by atoms with Crippen molar-refractivity contribution in [1.82, 2.24) is 30.7 Å². The zero-order valence-corrected chi connectivity index (χ0v) is 17.9. The molecule has 0 saturated heterocycles. The van der Waals surface area contributed by atoms with E-state index in [1.54, 1.807) is 18.5 Å². The highest BCUT2D eigenvalue weighted by molar-refractivity contribution is 6.38. The van der Waals surface area contributed by atoms with E-state index in [1.165, 1.54) is 6.33 Å². The first-order valence-corrected chi connectivity index (χ1v) is 10.3. The Bertz CT molecular complexity index is 974. The van der Waals surface area contributed by atoms with E-state index in [-0.39, 0.29) is 25.5 Å². The van der Waals surface area contributed by atoms with Gasteiger partial charge in [-0.05, 0) is 11.5 Å². The standard InChI is InChI=1S/C21H26N6O5/c1-13(2)17(26-21(31)32-11-14-6-4-3-5-7-14)19(29)25-15-10-16-23-12-24-27(16)9-8-22-20(30)18(15)28/h3-7,12-13,15,17H,8-11H2,1-2H3,(H,22,30)(H,25,29)(H,26,31). The van der Waals surface area contributed by atoms with Crippen LogP contribution in [0.25, 0.3) is 0 Å². The van der Waals surface area contributed by atoms with E-state index in [1.807, 2.05) is 30.3 Å². The molecule has 1 aromatic heterocycles. The number of benzene rings is 1. The number of hydrogen-bond donors (Lipinski definition) is 3. The fourth-order valence-electron chi connectivity index (χ4n) is 3.23. The van der Waals surface area contributed by atoms with Crippen LogP contribution in [0.1, 0.15) is 25.2 Å². The van der Waals surface area contributed by atoms with Gasteiger partial charge in [0.05, 0.1) is 6.54 Å². The van der Waals surface area contributed by atoms with Crippen molar-refractivity contribution in [2.75, 3.05) is 6.54 Å². The fraction of sp³-hybridized carbons (Fsp3) is 0.429. The molecule has 0 radical (unpaired) electrons. The lowest BCUT2D eigenvalue weighted by atomic mass is 10.0. The lowest BCUT2D eigenvalue weighted by Gasteiger charge is -2.24. The van der Waals surface area contributed by atoms with Crippen LogP contribution < -0.4 is 16.0 Å². The Morgan fingerprint density at radius 1 is 1.25 bits per heavy atom. The molecule has 1 aromatic carbocycles. The first kappa shape index (κ1) is 22.9. The summed E-state index contributed by atoms with van der Waals surface area (Å²) in [7, 11) is 0. The summed E-state index contributed by atoms with van der Waals surface area (Å²) in [6, 6.07) is 7.01. The molecule has 2 aromatic rings. The molecule has 0 aliphatic carbocycles. The number of Topliss-reactive ketones (excluding diaryl/α,β-unsaturated/α-hetero) is 1. The van der Waals surface area contributed by atoms with Crippen LogP contribution in [0.4, 0.5) is 4.79 Å². The molecule has 32 heavy (non-hydrogen) atoms. The number of hydrogen-bond acceptors (Lipinski definition) is 7. The average molecular weight is 442 g/mol. The summed E-state index contributed by atoms with van der Waals surface area (Å²) < 4.78 is 6.76. The second-order valence-electron chi connectivity index (χ2n) is 7.71. The Kier molecular flexibility index (Phi) is 7.53. The van der Waals surface area contributed by atoms with E-state index in [4.69, 9.17) is 4.74 Å². The molecule has 2 unspecified atom stereocenters. The van der Waals surface area contributed by atoms with Crippen LogP contribution in [-0.4, -0.2) is 57.1 Å². The van der Waals surface area contributed by atoms with Crippen molar-refractivity contribution in [1.29, 1.82) is 0 Å². The Morgan fingerprint density at radius 3 is 2.72 bits per heavy atom. The van der Waals surface area contributed by atoms with E-state index in [2.05, 4.69) is 26.0 Å². The van der Waals surface area contributed by atoms with Gasteiger partial charge in [-0.1, -0.05) is 44.2 Å². The number of ether oxygens (including phenoxy) is 1. The molecular weight excluding hydrogens is 416 g/mol. The number of nitrogens with one attached hydrogen (secondary N) is 3. The summed E-state index contributed by atoms with van der Waals surface area (Å²) in [5.41, 5.74) is 0.805. The second kappa shape index (κ2) is 10.5. The van der Waals surface area contributed by atoms with Crippen molar-refractivity contribution in [2.24, 2.45) is 5.92 Å². The lowest BCUT2D eigenvalue weighted by molar-refractivity contribution is -0.140. The molecule has 3 amide bonds. The lowest BCUT2D eigenvalue weighted by Crippen LogP contribution is -2.56. The highest BCUT2D eigenvalue weighted by atomic mass is 16.5. The molecule has 170 valence electrons. The summed E-state index contributed by atoms with van der Waals surface area (Å²) in [4.78, 5) is 54.0. The van der Waals surface area contributed by atoms with Crippen molar-refractivity contribution in [3.63, 3.8) is 0 Å². The van der Waals surface area contributed by atoms with Crippen LogP contribution in [0.15, 0.2) is 36.7 Å². The van der Waals surface area contributed by atoms with Gasteiger partial charge in [0.15, 0.2) is 0 Å². The minimum absolute atomic E-state index is 0.00125. The SMILES string of the molecule is CC(C)C(NC(=O)OCc1ccccc1)C(=O)NC1Cc2ncnn2CCNC(=O)C1=O. The molecule has 0 bridgehead atoms. The molecule has 11 heteroatoms. The number of nitrogens with zero attached hydrogens (tertiary/aromatic N) is 3. The Morgan fingerprint density at radius 2 is 2.00 bits per heavy atom. The molecule has 0 fully saturated rings. The van der Waals surface area contributed by atoms with E-state index in [0.717, 1.165) is 5.56 Å². The summed E-state index contributed by atoms with van der Waals surface area (Å²) in [5, 5.41) is 11.7. The molecule has 2 atom stereocenters. The minimum atomic E-state index is -1.15. The Balaban J connectivity index is 1.66. The largest absolute Gasteiger partial charge is 0.445 e. The van der Waals surface area contributed by atoms with Crippen molar-refractivity contribution in [3.05, 3.63) is 48.0 Å². The van der Waals surface area contributed by atoms with Crippen molar-refractivity contribution < 1.29 is 23.9 Å². The van der Waals surface area contributed by atoms with Gasteiger partial charge in [0.25, 0.3) is 5.91 Å². The maximum atomic E-state index is 12.9. The van der Waals surface area contributed by atoms with Gasteiger partial charge in [-0.25, -0.2) is 14.5 Å². The molecule has 2 heterocycles. The normalized spacial score (nSPS) is 17.3. The maximum Gasteiger partial charge on any atom is 0.408 e. The number of rotatable bonds is 6. The molecule has 3 rings (SSSR count). The van der Waals surface area contributed by atoms with Gasteiger partial charge in [0.1, 0.15) is 30.8 Å². The predicted molar refractivity (Wildman–Crippen MR) is 112 cm³/mol. The molecule has 0 saturated carbocycles. The van der Waals surface area contributed by atoms with E-state index >= 15 is 0 Å². The van der Waals surface area contributed by atoms with Crippen molar-refractivity contribution in [3.8, 4) is 0 Å². The average Bonchev–Trinajstić information content (AvgIpc) is 3.22. The quantitative estimate of drug-likeness (QED) is 0.532. The number of ketones is 1. The monoisotopic (exact) mass is 442 g/mol. The van der Waals surface area contributed by atoms with Crippen LogP contribution in [0.2, 0.25) is 0 Å². The smallest absolute Gasteiger partial charge is 0.408 e. The van der Waals surface area contributed by atoms with Gasteiger partial charge in [-0.15, -0.1) is 0 Å². The van der Waals surface area contributed by atoms with Crippen LogP contribution >= 0.6 is 0 Å². The van der Waals surface area contributed by atoms with Gasteiger partial charge < -0.3 is 20.7 Å². The number of carbonyl (C=O) groups is 4. The number of alkyl carbamates (subject to hydrolysis) is 1. The van der Waals surface area contributed by atoms with E-state index in [0.29, 0.717) is 12.4 Å². The van der Waals surface area contributed by atoms with Crippen molar-refractivity contribution >= 4 is 23.7 Å².